The molecular formula is C18H16F3N3O3S. The zero-order valence-corrected chi connectivity index (χ0v) is 15.5. The van der Waals surface area contributed by atoms with E-state index in [1.807, 2.05) is 0 Å². The number of thioether (sulfide) groups is 1. The van der Waals surface area contributed by atoms with Crippen LogP contribution in [0.1, 0.15) is 18.2 Å². The summed E-state index contributed by atoms with van der Waals surface area (Å²) < 4.78 is 42.6. The number of anilines is 1. The lowest BCUT2D eigenvalue weighted by molar-refractivity contribution is -0.141. The molecule has 28 heavy (non-hydrogen) atoms. The van der Waals surface area contributed by atoms with Crippen LogP contribution in [0.4, 0.5) is 18.9 Å². The standard InChI is InChI=1S/C18H16F3N3O3S/c1-2-27-16(26)8-5-12-3-6-13(7-4-12)23-15(25)11-28-17-22-10-9-14(24-17)18(19,20)21/h3-10H,2,11H2,1H3,(H,23,25)/b8-5+. The number of aromatic nitrogens is 2. The fraction of sp³-hybridized carbons (Fsp3) is 0.222. The fourth-order valence-corrected chi connectivity index (χ4v) is 2.56. The van der Waals surface area contributed by atoms with Crippen LogP contribution in [0.2, 0.25) is 0 Å². The number of carbonyl (C=O) groups excluding carboxylic acids is 2. The molecule has 0 saturated carbocycles. The second kappa shape index (κ2) is 9.88. The van der Waals surface area contributed by atoms with Gasteiger partial charge in [-0.2, -0.15) is 13.2 Å². The van der Waals surface area contributed by atoms with Crippen LogP contribution in [-0.4, -0.2) is 34.2 Å². The molecule has 1 heterocycles. The molecule has 0 spiro atoms. The molecule has 10 heteroatoms. The molecular weight excluding hydrogens is 395 g/mol. The second-order valence-electron chi connectivity index (χ2n) is 5.27. The molecule has 0 aliphatic rings. The molecule has 0 saturated heterocycles. The van der Waals surface area contributed by atoms with Crippen molar-refractivity contribution in [2.75, 3.05) is 17.7 Å². The smallest absolute Gasteiger partial charge is 0.433 e. The number of hydrogen-bond donors (Lipinski definition) is 1. The first-order chi connectivity index (χ1) is 13.3. The van der Waals surface area contributed by atoms with E-state index in [1.165, 1.54) is 6.08 Å². The van der Waals surface area contributed by atoms with Crippen molar-refractivity contribution in [1.82, 2.24) is 9.97 Å². The van der Waals surface area contributed by atoms with E-state index in [1.54, 1.807) is 37.3 Å². The normalized spacial score (nSPS) is 11.4. The van der Waals surface area contributed by atoms with E-state index in [0.717, 1.165) is 29.6 Å². The van der Waals surface area contributed by atoms with Gasteiger partial charge in [0.1, 0.15) is 5.69 Å². The molecule has 1 N–H and O–H groups in total. The fourth-order valence-electron chi connectivity index (χ4n) is 1.93. The maximum Gasteiger partial charge on any atom is 0.433 e. The lowest BCUT2D eigenvalue weighted by Gasteiger charge is -2.07. The summed E-state index contributed by atoms with van der Waals surface area (Å²) >= 11 is 0.800. The van der Waals surface area contributed by atoms with Gasteiger partial charge in [0.25, 0.3) is 0 Å². The highest BCUT2D eigenvalue weighted by Crippen LogP contribution is 2.28. The SMILES string of the molecule is CCOC(=O)/C=C/c1ccc(NC(=O)CSc2nccc(C(F)(F)F)n2)cc1. The number of rotatable bonds is 7. The van der Waals surface area contributed by atoms with Crippen LogP contribution in [0.15, 0.2) is 47.8 Å². The molecule has 0 aliphatic carbocycles. The van der Waals surface area contributed by atoms with Gasteiger partial charge in [-0.25, -0.2) is 14.8 Å². The van der Waals surface area contributed by atoms with Crippen LogP contribution >= 0.6 is 11.8 Å². The van der Waals surface area contributed by atoms with Crippen LogP contribution in [0.25, 0.3) is 6.08 Å². The number of alkyl halides is 3. The van der Waals surface area contributed by atoms with E-state index in [9.17, 15) is 22.8 Å². The molecule has 0 radical (unpaired) electrons. The van der Waals surface area contributed by atoms with Gasteiger partial charge < -0.3 is 10.1 Å². The molecule has 1 aromatic carbocycles. The summed E-state index contributed by atoms with van der Waals surface area (Å²) in [4.78, 5) is 30.3. The van der Waals surface area contributed by atoms with Gasteiger partial charge in [-0.1, -0.05) is 23.9 Å². The van der Waals surface area contributed by atoms with Crippen LogP contribution in [0.5, 0.6) is 0 Å². The molecule has 1 amide bonds. The summed E-state index contributed by atoms with van der Waals surface area (Å²) in [5.41, 5.74) is 0.179. The lowest BCUT2D eigenvalue weighted by Crippen LogP contribution is -2.14. The van der Waals surface area contributed by atoms with E-state index in [4.69, 9.17) is 4.74 Å². The topological polar surface area (TPSA) is 81.2 Å². The van der Waals surface area contributed by atoms with Crippen molar-refractivity contribution in [3.05, 3.63) is 53.9 Å². The number of nitrogens with one attached hydrogen (secondary N) is 1. The van der Waals surface area contributed by atoms with Crippen LogP contribution in [0.3, 0.4) is 0 Å². The van der Waals surface area contributed by atoms with Gasteiger partial charge in [0.15, 0.2) is 5.16 Å². The molecule has 2 aromatic rings. The number of carbonyl (C=O) groups is 2. The van der Waals surface area contributed by atoms with Gasteiger partial charge in [0.05, 0.1) is 12.4 Å². The minimum Gasteiger partial charge on any atom is -0.463 e. The largest absolute Gasteiger partial charge is 0.463 e. The summed E-state index contributed by atoms with van der Waals surface area (Å²) in [6.07, 6.45) is -0.699. The number of halogens is 3. The maximum absolute atomic E-state index is 12.6. The Balaban J connectivity index is 1.87. The molecule has 0 unspecified atom stereocenters. The molecule has 6 nitrogen and oxygen atoms in total. The van der Waals surface area contributed by atoms with Crippen LogP contribution < -0.4 is 5.32 Å². The molecule has 148 valence electrons. The molecule has 0 aliphatic heterocycles. The minimum absolute atomic E-state index is 0.135. The Bertz CT molecular complexity index is 855. The summed E-state index contributed by atoms with van der Waals surface area (Å²) in [7, 11) is 0. The van der Waals surface area contributed by atoms with E-state index in [-0.39, 0.29) is 17.5 Å². The van der Waals surface area contributed by atoms with E-state index in [2.05, 4.69) is 15.3 Å². The third-order valence-electron chi connectivity index (χ3n) is 3.15. The second-order valence-corrected chi connectivity index (χ2v) is 6.21. The molecule has 0 fully saturated rings. The number of benzene rings is 1. The predicted octanol–water partition coefficient (Wildman–Crippen LogP) is 3.80. The first-order valence-electron chi connectivity index (χ1n) is 8.05. The van der Waals surface area contributed by atoms with Crippen molar-refractivity contribution in [2.45, 2.75) is 18.3 Å². The monoisotopic (exact) mass is 411 g/mol. The highest BCUT2D eigenvalue weighted by atomic mass is 32.2. The van der Waals surface area contributed by atoms with Gasteiger partial charge in [0.2, 0.25) is 5.91 Å². The third-order valence-corrected chi connectivity index (χ3v) is 4.01. The predicted molar refractivity (Wildman–Crippen MR) is 98.5 cm³/mol. The zero-order valence-electron chi connectivity index (χ0n) is 14.7. The minimum atomic E-state index is -4.57. The Labute approximate surface area is 163 Å². The lowest BCUT2D eigenvalue weighted by atomic mass is 10.2. The van der Waals surface area contributed by atoms with Crippen molar-refractivity contribution < 1.29 is 27.5 Å². The number of ether oxygens (including phenoxy) is 1. The van der Waals surface area contributed by atoms with Crippen LogP contribution in [-0.2, 0) is 20.5 Å². The van der Waals surface area contributed by atoms with Crippen molar-refractivity contribution >= 4 is 35.4 Å². The van der Waals surface area contributed by atoms with Gasteiger partial charge >= 0.3 is 12.1 Å². The average molecular weight is 411 g/mol. The number of hydrogen-bond acceptors (Lipinski definition) is 6. The van der Waals surface area contributed by atoms with Gasteiger partial charge in [-0.05, 0) is 36.8 Å². The Kier molecular flexibility index (Phi) is 7.56. The van der Waals surface area contributed by atoms with Crippen molar-refractivity contribution in [2.24, 2.45) is 0 Å². The molecule has 0 bridgehead atoms. The van der Waals surface area contributed by atoms with Gasteiger partial charge in [0, 0.05) is 18.0 Å². The highest BCUT2D eigenvalue weighted by Gasteiger charge is 2.32. The van der Waals surface area contributed by atoms with Gasteiger partial charge in [-0.3, -0.25) is 4.79 Å². The Hall–Kier alpha value is -2.88. The van der Waals surface area contributed by atoms with E-state index >= 15 is 0 Å². The number of amides is 1. The highest BCUT2D eigenvalue weighted by molar-refractivity contribution is 7.99. The third kappa shape index (κ3) is 7.03. The van der Waals surface area contributed by atoms with Crippen LogP contribution in [0, 0.1) is 0 Å². The summed E-state index contributed by atoms with van der Waals surface area (Å²) in [6, 6.07) is 7.41. The van der Waals surface area contributed by atoms with Gasteiger partial charge in [-0.15, -0.1) is 0 Å². The summed E-state index contributed by atoms with van der Waals surface area (Å²) in [5, 5.41) is 2.48. The van der Waals surface area contributed by atoms with Crippen molar-refractivity contribution in [3.63, 3.8) is 0 Å². The van der Waals surface area contributed by atoms with Crippen molar-refractivity contribution in [3.8, 4) is 0 Å². The Morgan fingerprint density at radius 1 is 1.21 bits per heavy atom. The Morgan fingerprint density at radius 3 is 2.57 bits per heavy atom. The Morgan fingerprint density at radius 2 is 1.93 bits per heavy atom. The first kappa shape index (κ1) is 21.4. The number of esters is 1. The van der Waals surface area contributed by atoms with E-state index in [0.29, 0.717) is 5.69 Å². The first-order valence-corrected chi connectivity index (χ1v) is 9.04. The summed E-state index contributed by atoms with van der Waals surface area (Å²) in [5.74, 6) is -1.01. The number of nitrogens with zero attached hydrogens (tertiary/aromatic N) is 2. The van der Waals surface area contributed by atoms with Crippen molar-refractivity contribution in [1.29, 1.82) is 0 Å². The maximum atomic E-state index is 12.6. The quantitative estimate of drug-likeness (QED) is 0.323. The average Bonchev–Trinajstić information content (AvgIpc) is 2.66. The zero-order chi connectivity index (χ0) is 20.6. The van der Waals surface area contributed by atoms with E-state index < -0.39 is 23.7 Å². The molecule has 0 atom stereocenters. The summed E-state index contributed by atoms with van der Waals surface area (Å²) in [6.45, 7) is 2.00. The molecule has 1 aromatic heterocycles. The molecule has 2 rings (SSSR count).